The molecule has 1 aromatic carbocycles. The molecule has 0 radical (unpaired) electrons. The van der Waals surface area contributed by atoms with Crippen molar-refractivity contribution in [3.63, 3.8) is 0 Å². The summed E-state index contributed by atoms with van der Waals surface area (Å²) in [6, 6.07) is 8.93. The van der Waals surface area contributed by atoms with Crippen LogP contribution < -0.4 is 11.1 Å². The highest BCUT2D eigenvalue weighted by molar-refractivity contribution is 7.90. The molecule has 0 aliphatic carbocycles. The molecule has 12 heteroatoms. The van der Waals surface area contributed by atoms with E-state index in [1.807, 2.05) is 0 Å². The molecule has 2 atom stereocenters. The minimum absolute atomic E-state index is 0.0236. The highest BCUT2D eigenvalue weighted by Gasteiger charge is 2.33. The van der Waals surface area contributed by atoms with Crippen molar-refractivity contribution in [2.24, 2.45) is 5.73 Å². The Morgan fingerprint density at radius 2 is 1.83 bits per heavy atom. The number of sulfone groups is 1. The molecule has 0 saturated heterocycles. The predicted octanol–water partition coefficient (Wildman–Crippen LogP) is 4.03. The standard InChI is InChI=1S/C24H24F4N4O3S/c1-13-4-5-16(11-30-13)21-17(7-9-20(32-21)24(26,27)28)12-31-23(33)14(2)15-6-8-18(19(25)10-15)22(29)36(3,34)35/h4-11,14,22H,12,29H2,1-3H3,(H,31,33). The molecule has 2 unspecified atom stereocenters. The van der Waals surface area contributed by atoms with Crippen LogP contribution in [0.5, 0.6) is 0 Å². The molecule has 0 fully saturated rings. The zero-order valence-electron chi connectivity index (χ0n) is 19.6. The molecule has 3 N–H and O–H groups in total. The van der Waals surface area contributed by atoms with Gasteiger partial charge in [0.2, 0.25) is 5.91 Å². The van der Waals surface area contributed by atoms with Crippen LogP contribution in [-0.2, 0) is 27.4 Å². The average Bonchev–Trinajstić information content (AvgIpc) is 2.80. The number of hydrogen-bond acceptors (Lipinski definition) is 6. The van der Waals surface area contributed by atoms with E-state index in [1.165, 1.54) is 31.3 Å². The number of carbonyl (C=O) groups excluding carboxylic acids is 1. The lowest BCUT2D eigenvalue weighted by Gasteiger charge is -2.17. The molecule has 3 aromatic rings. The Morgan fingerprint density at radius 1 is 1.14 bits per heavy atom. The van der Waals surface area contributed by atoms with Gasteiger partial charge < -0.3 is 11.1 Å². The van der Waals surface area contributed by atoms with Crippen LogP contribution in [0.1, 0.15) is 46.3 Å². The molecule has 0 aliphatic heterocycles. The average molecular weight is 525 g/mol. The summed E-state index contributed by atoms with van der Waals surface area (Å²) in [5, 5.41) is 1.09. The van der Waals surface area contributed by atoms with Gasteiger partial charge in [0, 0.05) is 35.8 Å². The molecule has 3 rings (SSSR count). The van der Waals surface area contributed by atoms with Crippen molar-refractivity contribution in [2.75, 3.05) is 6.26 Å². The topological polar surface area (TPSA) is 115 Å². The first-order chi connectivity index (χ1) is 16.7. The third kappa shape index (κ3) is 6.24. The number of alkyl halides is 3. The van der Waals surface area contributed by atoms with Gasteiger partial charge in [0.15, 0.2) is 9.84 Å². The summed E-state index contributed by atoms with van der Waals surface area (Å²) in [5.41, 5.74) is 5.93. The SMILES string of the molecule is Cc1ccc(-c2nc(C(F)(F)F)ccc2CNC(=O)C(C)c2ccc(C(N)S(C)(=O)=O)c(F)c2)cn1. The maximum atomic E-state index is 14.5. The van der Waals surface area contributed by atoms with Crippen molar-refractivity contribution in [1.82, 2.24) is 15.3 Å². The normalized spacial score (nSPS) is 13.8. The first-order valence-corrected chi connectivity index (χ1v) is 12.7. The molecule has 1 amide bonds. The lowest BCUT2D eigenvalue weighted by molar-refractivity contribution is -0.141. The number of nitrogens with zero attached hydrogens (tertiary/aromatic N) is 2. The van der Waals surface area contributed by atoms with Crippen LogP contribution in [0.15, 0.2) is 48.7 Å². The fraction of sp³-hybridized carbons (Fsp3) is 0.292. The van der Waals surface area contributed by atoms with Crippen molar-refractivity contribution < 1.29 is 30.8 Å². The molecule has 2 heterocycles. The minimum atomic E-state index is -4.65. The van der Waals surface area contributed by atoms with Gasteiger partial charge in [0.05, 0.1) is 11.6 Å². The van der Waals surface area contributed by atoms with Crippen molar-refractivity contribution in [3.8, 4) is 11.3 Å². The number of carbonyl (C=O) groups is 1. The number of benzene rings is 1. The number of pyridine rings is 2. The Morgan fingerprint density at radius 3 is 2.39 bits per heavy atom. The molecule has 0 bridgehead atoms. The molecule has 0 aliphatic rings. The van der Waals surface area contributed by atoms with Crippen LogP contribution in [-0.4, -0.2) is 30.5 Å². The van der Waals surface area contributed by atoms with E-state index in [0.717, 1.165) is 18.4 Å². The van der Waals surface area contributed by atoms with Gasteiger partial charge in [0.25, 0.3) is 0 Å². The molecule has 7 nitrogen and oxygen atoms in total. The van der Waals surface area contributed by atoms with Gasteiger partial charge in [-0.05, 0) is 49.2 Å². The second kappa shape index (κ2) is 10.3. The minimum Gasteiger partial charge on any atom is -0.351 e. The van der Waals surface area contributed by atoms with E-state index in [-0.39, 0.29) is 23.4 Å². The molecule has 36 heavy (non-hydrogen) atoms. The van der Waals surface area contributed by atoms with E-state index < -0.39 is 44.7 Å². The number of nitrogens with one attached hydrogen (secondary N) is 1. The van der Waals surface area contributed by atoms with Crippen LogP contribution in [0.4, 0.5) is 17.6 Å². The maximum absolute atomic E-state index is 14.5. The number of rotatable bonds is 7. The molecular formula is C24H24F4N4O3S. The van der Waals surface area contributed by atoms with Gasteiger partial charge in [-0.1, -0.05) is 18.2 Å². The van der Waals surface area contributed by atoms with Crippen LogP contribution in [0.3, 0.4) is 0 Å². The van der Waals surface area contributed by atoms with Crippen molar-refractivity contribution in [1.29, 1.82) is 0 Å². The van der Waals surface area contributed by atoms with E-state index in [0.29, 0.717) is 16.8 Å². The van der Waals surface area contributed by atoms with Crippen molar-refractivity contribution in [3.05, 3.63) is 82.6 Å². The first kappa shape index (κ1) is 27.2. The Kier molecular flexibility index (Phi) is 7.79. The first-order valence-electron chi connectivity index (χ1n) is 10.7. The van der Waals surface area contributed by atoms with Crippen LogP contribution in [0, 0.1) is 12.7 Å². The maximum Gasteiger partial charge on any atom is 0.433 e. The zero-order chi connectivity index (χ0) is 26.8. The lowest BCUT2D eigenvalue weighted by Crippen LogP contribution is -2.28. The summed E-state index contributed by atoms with van der Waals surface area (Å²) in [6.07, 6.45) is -2.37. The van der Waals surface area contributed by atoms with Gasteiger partial charge >= 0.3 is 6.18 Å². The number of aromatic nitrogens is 2. The van der Waals surface area contributed by atoms with Crippen LogP contribution in [0.2, 0.25) is 0 Å². The summed E-state index contributed by atoms with van der Waals surface area (Å²) in [6.45, 7) is 3.10. The lowest BCUT2D eigenvalue weighted by atomic mass is 9.98. The highest BCUT2D eigenvalue weighted by Crippen LogP contribution is 2.31. The molecule has 2 aromatic heterocycles. The monoisotopic (exact) mass is 524 g/mol. The second-order valence-electron chi connectivity index (χ2n) is 8.36. The third-order valence-corrected chi connectivity index (χ3v) is 6.77. The smallest absolute Gasteiger partial charge is 0.351 e. The molecule has 0 saturated carbocycles. The molecular weight excluding hydrogens is 500 g/mol. The highest BCUT2D eigenvalue weighted by atomic mass is 32.2. The van der Waals surface area contributed by atoms with Crippen LogP contribution >= 0.6 is 0 Å². The van der Waals surface area contributed by atoms with E-state index in [1.54, 1.807) is 19.1 Å². The Labute approximate surface area is 205 Å². The summed E-state index contributed by atoms with van der Waals surface area (Å²) in [4.78, 5) is 20.6. The summed E-state index contributed by atoms with van der Waals surface area (Å²) in [5.74, 6) is -2.25. The summed E-state index contributed by atoms with van der Waals surface area (Å²) in [7, 11) is -3.73. The Bertz CT molecular complexity index is 1380. The fourth-order valence-corrected chi connectivity index (χ4v) is 4.06. The van der Waals surface area contributed by atoms with E-state index in [9.17, 15) is 30.8 Å². The van der Waals surface area contributed by atoms with E-state index in [4.69, 9.17) is 5.73 Å². The second-order valence-corrected chi connectivity index (χ2v) is 10.5. The van der Waals surface area contributed by atoms with Gasteiger partial charge in [-0.2, -0.15) is 13.2 Å². The van der Waals surface area contributed by atoms with Crippen LogP contribution in [0.25, 0.3) is 11.3 Å². The molecule has 0 spiro atoms. The number of halogens is 4. The predicted molar refractivity (Wildman–Crippen MR) is 126 cm³/mol. The summed E-state index contributed by atoms with van der Waals surface area (Å²) < 4.78 is 77.5. The van der Waals surface area contributed by atoms with Gasteiger partial charge in [-0.3, -0.25) is 9.78 Å². The zero-order valence-corrected chi connectivity index (χ0v) is 20.4. The third-order valence-electron chi connectivity index (χ3n) is 5.59. The Balaban J connectivity index is 1.83. The largest absolute Gasteiger partial charge is 0.433 e. The number of nitrogens with two attached hydrogens (primary N) is 1. The summed E-state index contributed by atoms with van der Waals surface area (Å²) >= 11 is 0. The van der Waals surface area contributed by atoms with Gasteiger partial charge in [-0.15, -0.1) is 0 Å². The van der Waals surface area contributed by atoms with Gasteiger partial charge in [0.1, 0.15) is 16.9 Å². The fourth-order valence-electron chi connectivity index (χ4n) is 3.41. The number of hydrogen-bond donors (Lipinski definition) is 2. The van der Waals surface area contributed by atoms with E-state index in [2.05, 4.69) is 15.3 Å². The molecule has 192 valence electrons. The van der Waals surface area contributed by atoms with Gasteiger partial charge in [-0.25, -0.2) is 17.8 Å². The van der Waals surface area contributed by atoms with Crippen molar-refractivity contribution >= 4 is 15.7 Å². The van der Waals surface area contributed by atoms with Crippen molar-refractivity contribution in [2.45, 2.75) is 37.9 Å². The number of aryl methyl sites for hydroxylation is 1. The quantitative estimate of drug-likeness (QED) is 0.451. The Hall–Kier alpha value is -3.38. The van der Waals surface area contributed by atoms with E-state index >= 15 is 0 Å². The number of amides is 1.